The van der Waals surface area contributed by atoms with Crippen LogP contribution in [-0.4, -0.2) is 17.8 Å². The van der Waals surface area contributed by atoms with Crippen LogP contribution in [0.15, 0.2) is 80.3 Å². The highest BCUT2D eigenvalue weighted by atomic mass is 79.9. The maximum Gasteiger partial charge on any atom is 0.363 e. The molecule has 1 aliphatic rings. The number of esters is 2. The average molecular weight is 632 g/mol. The number of nitrogens with zero attached hydrogens (tertiary/aromatic N) is 1. The largest absolute Gasteiger partial charge is 0.422 e. The zero-order valence-corrected chi connectivity index (χ0v) is 22.7. The second-order valence-electron chi connectivity index (χ2n) is 7.66. The molecule has 9 heteroatoms. The smallest absolute Gasteiger partial charge is 0.363 e. The van der Waals surface area contributed by atoms with Crippen LogP contribution in [0, 0.1) is 6.92 Å². The number of carbonyl (C=O) groups excluding carboxylic acids is 2. The number of fused-ring (bicyclic) bond motifs is 1. The Hall–Kier alpha value is -2.78. The van der Waals surface area contributed by atoms with Gasteiger partial charge in [0.2, 0.25) is 5.90 Å². The number of benzene rings is 3. The van der Waals surface area contributed by atoms with Gasteiger partial charge < -0.3 is 9.47 Å². The van der Waals surface area contributed by atoms with E-state index in [1.807, 2.05) is 37.3 Å². The molecule has 1 aliphatic heterocycles. The summed E-state index contributed by atoms with van der Waals surface area (Å²) in [4.78, 5) is 30.2. The number of halogens is 3. The molecule has 174 valence electrons. The Morgan fingerprint density at radius 3 is 2.57 bits per heavy atom. The standard InChI is InChI=1S/C26H14Br2ClNO4S/c1-13-2-8-18-21(10-13)35-23(22(18)29)26(32)33-20-9-7-17(28)11-15(20)12-19-25(31)34-24(30-19)14-3-5-16(27)6-4-14/h2-12H,1H3/b19-12+. The number of thiophene rings is 1. The minimum absolute atomic E-state index is 0.0914. The first-order valence-electron chi connectivity index (χ1n) is 10.3. The van der Waals surface area contributed by atoms with E-state index < -0.39 is 11.9 Å². The third-order valence-electron chi connectivity index (χ3n) is 5.15. The van der Waals surface area contributed by atoms with E-state index in [2.05, 4.69) is 36.9 Å². The number of hydrogen-bond acceptors (Lipinski definition) is 6. The Bertz CT molecular complexity index is 1570. The first kappa shape index (κ1) is 23.9. The predicted octanol–water partition coefficient (Wildman–Crippen LogP) is 7.95. The van der Waals surface area contributed by atoms with Gasteiger partial charge in [-0.25, -0.2) is 14.6 Å². The number of rotatable bonds is 4. The SMILES string of the molecule is Cc1ccc2c(Cl)c(C(=O)Oc3ccc(Br)cc3/C=C3/N=C(c4ccc(Br)cc4)OC3=O)sc2c1. The molecule has 0 N–H and O–H groups in total. The van der Waals surface area contributed by atoms with Gasteiger partial charge in [-0.15, -0.1) is 11.3 Å². The Labute approximate surface area is 226 Å². The van der Waals surface area contributed by atoms with Gasteiger partial charge in [0, 0.05) is 30.2 Å². The molecule has 0 saturated carbocycles. The molecule has 3 aromatic carbocycles. The van der Waals surface area contributed by atoms with E-state index in [9.17, 15) is 9.59 Å². The van der Waals surface area contributed by atoms with Crippen LogP contribution in [0.5, 0.6) is 5.75 Å². The van der Waals surface area contributed by atoms with Gasteiger partial charge in [0.25, 0.3) is 0 Å². The van der Waals surface area contributed by atoms with Gasteiger partial charge in [-0.3, -0.25) is 0 Å². The fraction of sp³-hybridized carbons (Fsp3) is 0.0385. The molecule has 0 aliphatic carbocycles. The number of aryl methyl sites for hydroxylation is 1. The van der Waals surface area contributed by atoms with Crippen molar-refractivity contribution in [2.24, 2.45) is 4.99 Å². The Balaban J connectivity index is 1.47. The Morgan fingerprint density at radius 2 is 1.80 bits per heavy atom. The molecule has 0 amide bonds. The van der Waals surface area contributed by atoms with Gasteiger partial charge in [-0.2, -0.15) is 0 Å². The molecule has 4 aromatic rings. The van der Waals surface area contributed by atoms with Crippen LogP contribution in [-0.2, 0) is 9.53 Å². The molecule has 0 radical (unpaired) electrons. The lowest BCUT2D eigenvalue weighted by Gasteiger charge is -2.08. The van der Waals surface area contributed by atoms with E-state index in [1.165, 1.54) is 17.4 Å². The monoisotopic (exact) mass is 629 g/mol. The highest BCUT2D eigenvalue weighted by molar-refractivity contribution is 9.10. The number of hydrogen-bond donors (Lipinski definition) is 0. The molecular formula is C26H14Br2ClNO4S. The predicted molar refractivity (Wildman–Crippen MR) is 145 cm³/mol. The van der Waals surface area contributed by atoms with Gasteiger partial charge in [0.05, 0.1) is 5.02 Å². The van der Waals surface area contributed by atoms with Crippen molar-refractivity contribution in [1.29, 1.82) is 0 Å². The summed E-state index contributed by atoms with van der Waals surface area (Å²) in [6.07, 6.45) is 1.53. The van der Waals surface area contributed by atoms with Crippen LogP contribution in [0.3, 0.4) is 0 Å². The van der Waals surface area contributed by atoms with Crippen LogP contribution in [0.1, 0.15) is 26.4 Å². The summed E-state index contributed by atoms with van der Waals surface area (Å²) < 4.78 is 13.6. The zero-order valence-electron chi connectivity index (χ0n) is 18.0. The van der Waals surface area contributed by atoms with Crippen LogP contribution < -0.4 is 4.74 Å². The van der Waals surface area contributed by atoms with Gasteiger partial charge in [0.15, 0.2) is 5.70 Å². The minimum atomic E-state index is -0.594. The van der Waals surface area contributed by atoms with E-state index in [0.717, 1.165) is 24.6 Å². The maximum absolute atomic E-state index is 13.0. The van der Waals surface area contributed by atoms with Crippen molar-refractivity contribution >= 4 is 88.8 Å². The number of aliphatic imine (C=N–C) groups is 1. The summed E-state index contributed by atoms with van der Waals surface area (Å²) >= 11 is 14.6. The maximum atomic E-state index is 13.0. The molecule has 35 heavy (non-hydrogen) atoms. The molecule has 2 heterocycles. The average Bonchev–Trinajstić information content (AvgIpc) is 3.35. The van der Waals surface area contributed by atoms with Crippen molar-refractivity contribution in [2.45, 2.75) is 6.92 Å². The number of carbonyl (C=O) groups is 2. The fourth-order valence-electron chi connectivity index (χ4n) is 3.45. The molecule has 0 atom stereocenters. The van der Waals surface area contributed by atoms with Crippen LogP contribution in [0.4, 0.5) is 0 Å². The second-order valence-corrected chi connectivity index (χ2v) is 10.9. The fourth-order valence-corrected chi connectivity index (χ4v) is 5.57. The first-order valence-corrected chi connectivity index (χ1v) is 13.1. The summed E-state index contributed by atoms with van der Waals surface area (Å²) in [7, 11) is 0. The van der Waals surface area contributed by atoms with E-state index in [1.54, 1.807) is 30.3 Å². The molecule has 5 rings (SSSR count). The van der Waals surface area contributed by atoms with Gasteiger partial charge in [-0.1, -0.05) is 55.6 Å². The number of cyclic esters (lactones) is 1. The van der Waals surface area contributed by atoms with Crippen molar-refractivity contribution in [3.05, 3.63) is 102 Å². The summed E-state index contributed by atoms with van der Waals surface area (Å²) in [5.41, 5.74) is 2.31. The Morgan fingerprint density at radius 1 is 1.06 bits per heavy atom. The Kier molecular flexibility index (Phi) is 6.63. The zero-order chi connectivity index (χ0) is 24.7. The van der Waals surface area contributed by atoms with E-state index in [4.69, 9.17) is 21.1 Å². The van der Waals surface area contributed by atoms with Crippen molar-refractivity contribution in [1.82, 2.24) is 0 Å². The normalized spacial score (nSPS) is 14.3. The molecule has 5 nitrogen and oxygen atoms in total. The molecule has 1 aromatic heterocycles. The van der Waals surface area contributed by atoms with Crippen molar-refractivity contribution < 1.29 is 19.1 Å². The topological polar surface area (TPSA) is 65.0 Å². The molecule has 0 unspecified atom stereocenters. The van der Waals surface area contributed by atoms with Gasteiger partial charge in [-0.05, 0) is 67.1 Å². The van der Waals surface area contributed by atoms with Gasteiger partial charge >= 0.3 is 11.9 Å². The first-order chi connectivity index (χ1) is 16.8. The van der Waals surface area contributed by atoms with Crippen LogP contribution in [0.2, 0.25) is 5.02 Å². The lowest BCUT2D eigenvalue weighted by molar-refractivity contribution is -0.129. The third-order valence-corrected chi connectivity index (χ3v) is 7.81. The van der Waals surface area contributed by atoms with E-state index in [0.29, 0.717) is 21.0 Å². The van der Waals surface area contributed by atoms with Crippen molar-refractivity contribution in [2.75, 3.05) is 0 Å². The molecular weight excluding hydrogens is 618 g/mol. The highest BCUT2D eigenvalue weighted by Crippen LogP contribution is 2.37. The summed E-state index contributed by atoms with van der Waals surface area (Å²) in [5.74, 6) is -0.711. The lowest BCUT2D eigenvalue weighted by Crippen LogP contribution is -2.08. The lowest BCUT2D eigenvalue weighted by atomic mass is 10.1. The van der Waals surface area contributed by atoms with Gasteiger partial charge in [0.1, 0.15) is 10.6 Å². The molecule has 0 saturated heterocycles. The quantitative estimate of drug-likeness (QED) is 0.130. The third kappa shape index (κ3) is 4.97. The van der Waals surface area contributed by atoms with Crippen LogP contribution in [0.25, 0.3) is 16.2 Å². The highest BCUT2D eigenvalue weighted by Gasteiger charge is 2.25. The molecule has 0 spiro atoms. The molecule has 0 fully saturated rings. The summed E-state index contributed by atoms with van der Waals surface area (Å²) in [6.45, 7) is 1.98. The van der Waals surface area contributed by atoms with E-state index in [-0.39, 0.29) is 17.3 Å². The second kappa shape index (κ2) is 9.70. The van der Waals surface area contributed by atoms with Crippen molar-refractivity contribution in [3.63, 3.8) is 0 Å². The van der Waals surface area contributed by atoms with Crippen LogP contribution >= 0.6 is 54.8 Å². The number of ether oxygens (including phenoxy) is 2. The minimum Gasteiger partial charge on any atom is -0.422 e. The summed E-state index contributed by atoms with van der Waals surface area (Å²) in [6, 6.07) is 18.2. The summed E-state index contributed by atoms with van der Waals surface area (Å²) in [5, 5.41) is 1.16. The molecule has 0 bridgehead atoms. The van der Waals surface area contributed by atoms with E-state index >= 15 is 0 Å². The van der Waals surface area contributed by atoms with Crippen molar-refractivity contribution in [3.8, 4) is 5.75 Å².